The molecule has 1 aromatic rings. The van der Waals surface area contributed by atoms with E-state index in [1.54, 1.807) is 0 Å². The number of rotatable bonds is 4. The van der Waals surface area contributed by atoms with Gasteiger partial charge in [0.25, 0.3) is 0 Å². The van der Waals surface area contributed by atoms with Gasteiger partial charge in [-0.15, -0.1) is 0 Å². The summed E-state index contributed by atoms with van der Waals surface area (Å²) in [5, 5.41) is 0.418. The molecule has 1 rings (SSSR count). The first-order valence-electron chi connectivity index (χ1n) is 4.52. The zero-order chi connectivity index (χ0) is 11.5. The molecule has 0 atom stereocenters. The van der Waals surface area contributed by atoms with Gasteiger partial charge in [-0.3, -0.25) is 0 Å². The van der Waals surface area contributed by atoms with Gasteiger partial charge in [0, 0.05) is 11.6 Å². The lowest BCUT2D eigenvalue weighted by Crippen LogP contribution is -2.25. The molecule has 0 bridgehead atoms. The summed E-state index contributed by atoms with van der Waals surface area (Å²) in [6, 6.07) is 4.32. The number of hydrogen-bond acceptors (Lipinski definition) is 3. The van der Waals surface area contributed by atoms with Crippen LogP contribution in [0.2, 0.25) is 5.02 Å². The highest BCUT2D eigenvalue weighted by atomic mass is 35.5. The van der Waals surface area contributed by atoms with Crippen LogP contribution in [-0.2, 0) is 10.0 Å². The summed E-state index contributed by atoms with van der Waals surface area (Å²) < 4.78 is 25.8. The largest absolute Gasteiger partial charge is 0.398 e. The van der Waals surface area contributed by atoms with Crippen LogP contribution in [0.3, 0.4) is 0 Å². The molecule has 0 radical (unpaired) electrons. The van der Waals surface area contributed by atoms with Crippen molar-refractivity contribution in [3.05, 3.63) is 23.2 Å². The fraction of sp³-hybridized carbons (Fsp3) is 0.333. The van der Waals surface area contributed by atoms with Crippen LogP contribution in [0, 0.1) is 0 Å². The van der Waals surface area contributed by atoms with E-state index in [9.17, 15) is 8.42 Å². The molecule has 0 aliphatic heterocycles. The Morgan fingerprint density at radius 3 is 2.67 bits per heavy atom. The monoisotopic (exact) mass is 248 g/mol. The standard InChI is InChI=1S/C9H13ClN2O2S/c1-2-5-12-15(13,14)9-4-3-7(10)6-8(9)11/h3-4,6,12H,2,5,11H2,1H3. The third-order valence-electron chi connectivity index (χ3n) is 1.80. The van der Waals surface area contributed by atoms with Crippen LogP contribution >= 0.6 is 11.6 Å². The van der Waals surface area contributed by atoms with E-state index in [0.717, 1.165) is 6.42 Å². The van der Waals surface area contributed by atoms with Crippen LogP contribution < -0.4 is 10.5 Å². The molecule has 84 valence electrons. The van der Waals surface area contributed by atoms with E-state index >= 15 is 0 Å². The summed E-state index contributed by atoms with van der Waals surface area (Å²) in [5.74, 6) is 0. The third kappa shape index (κ3) is 3.09. The SMILES string of the molecule is CCCNS(=O)(=O)c1ccc(Cl)cc1N. The van der Waals surface area contributed by atoms with Crippen LogP contribution in [0.4, 0.5) is 5.69 Å². The van der Waals surface area contributed by atoms with Gasteiger partial charge in [0.15, 0.2) is 0 Å². The lowest BCUT2D eigenvalue weighted by atomic mass is 10.3. The molecule has 0 saturated carbocycles. The fourth-order valence-electron chi connectivity index (χ4n) is 1.08. The second-order valence-electron chi connectivity index (χ2n) is 3.08. The van der Waals surface area contributed by atoms with Crippen molar-refractivity contribution in [2.75, 3.05) is 12.3 Å². The number of benzene rings is 1. The lowest BCUT2D eigenvalue weighted by Gasteiger charge is -2.08. The molecule has 0 heterocycles. The maximum Gasteiger partial charge on any atom is 0.242 e. The van der Waals surface area contributed by atoms with Gasteiger partial charge in [0.05, 0.1) is 5.69 Å². The summed E-state index contributed by atoms with van der Waals surface area (Å²) in [7, 11) is -3.50. The summed E-state index contributed by atoms with van der Waals surface area (Å²) in [6.45, 7) is 2.28. The van der Waals surface area contributed by atoms with Crippen LogP contribution in [0.5, 0.6) is 0 Å². The Balaban J connectivity index is 3.05. The predicted octanol–water partition coefficient (Wildman–Crippen LogP) is 1.61. The van der Waals surface area contributed by atoms with Gasteiger partial charge in [0.1, 0.15) is 4.90 Å². The number of nitrogens with one attached hydrogen (secondary N) is 1. The molecule has 1 aromatic carbocycles. The Morgan fingerprint density at radius 2 is 2.13 bits per heavy atom. The molecule has 4 nitrogen and oxygen atoms in total. The number of nitrogens with two attached hydrogens (primary N) is 1. The lowest BCUT2D eigenvalue weighted by molar-refractivity contribution is 0.581. The Morgan fingerprint density at radius 1 is 1.47 bits per heavy atom. The van der Waals surface area contributed by atoms with Gasteiger partial charge in [-0.1, -0.05) is 18.5 Å². The molecular weight excluding hydrogens is 236 g/mol. The molecule has 0 unspecified atom stereocenters. The molecule has 0 fully saturated rings. The van der Waals surface area contributed by atoms with Gasteiger partial charge in [-0.05, 0) is 24.6 Å². The summed E-state index contributed by atoms with van der Waals surface area (Å²) in [5.41, 5.74) is 5.73. The highest BCUT2D eigenvalue weighted by Gasteiger charge is 2.16. The second kappa shape index (κ2) is 4.83. The molecule has 0 aromatic heterocycles. The van der Waals surface area contributed by atoms with E-state index in [2.05, 4.69) is 4.72 Å². The smallest absolute Gasteiger partial charge is 0.242 e. The van der Waals surface area contributed by atoms with Crippen molar-refractivity contribution < 1.29 is 8.42 Å². The average molecular weight is 249 g/mol. The van der Waals surface area contributed by atoms with Crippen molar-refractivity contribution in [1.82, 2.24) is 4.72 Å². The van der Waals surface area contributed by atoms with E-state index in [0.29, 0.717) is 11.6 Å². The molecule has 15 heavy (non-hydrogen) atoms. The van der Waals surface area contributed by atoms with Gasteiger partial charge >= 0.3 is 0 Å². The topological polar surface area (TPSA) is 72.2 Å². The summed E-state index contributed by atoms with van der Waals surface area (Å²) in [4.78, 5) is 0.0698. The normalized spacial score (nSPS) is 11.6. The minimum atomic E-state index is -3.50. The van der Waals surface area contributed by atoms with Gasteiger partial charge in [-0.25, -0.2) is 13.1 Å². The summed E-state index contributed by atoms with van der Waals surface area (Å²) >= 11 is 5.68. The van der Waals surface area contributed by atoms with Crippen molar-refractivity contribution >= 4 is 27.3 Å². The molecule has 3 N–H and O–H groups in total. The van der Waals surface area contributed by atoms with Crippen LogP contribution in [0.1, 0.15) is 13.3 Å². The second-order valence-corrected chi connectivity index (χ2v) is 5.25. The van der Waals surface area contributed by atoms with Crippen molar-refractivity contribution in [1.29, 1.82) is 0 Å². The third-order valence-corrected chi connectivity index (χ3v) is 3.57. The van der Waals surface area contributed by atoms with Gasteiger partial charge in [0.2, 0.25) is 10.0 Å². The Bertz CT molecular complexity index is 445. The Kier molecular flexibility index (Phi) is 3.96. The molecule has 0 aliphatic carbocycles. The van der Waals surface area contributed by atoms with Crippen molar-refractivity contribution in [2.24, 2.45) is 0 Å². The first kappa shape index (κ1) is 12.3. The van der Waals surface area contributed by atoms with E-state index in [4.69, 9.17) is 17.3 Å². The summed E-state index contributed by atoms with van der Waals surface area (Å²) in [6.07, 6.45) is 0.729. The minimum absolute atomic E-state index is 0.0698. The molecule has 6 heteroatoms. The number of halogens is 1. The van der Waals surface area contributed by atoms with Crippen LogP contribution in [0.25, 0.3) is 0 Å². The first-order chi connectivity index (χ1) is 6.97. The zero-order valence-electron chi connectivity index (χ0n) is 8.33. The minimum Gasteiger partial charge on any atom is -0.398 e. The van der Waals surface area contributed by atoms with Crippen molar-refractivity contribution in [2.45, 2.75) is 18.2 Å². The molecule has 0 aliphatic rings. The Hall–Kier alpha value is -0.780. The molecule has 0 saturated heterocycles. The van der Waals surface area contributed by atoms with Gasteiger partial charge < -0.3 is 5.73 Å². The van der Waals surface area contributed by atoms with E-state index in [1.165, 1.54) is 18.2 Å². The quantitative estimate of drug-likeness (QED) is 0.796. The number of sulfonamides is 1. The van der Waals surface area contributed by atoms with E-state index < -0.39 is 10.0 Å². The fourth-order valence-corrected chi connectivity index (χ4v) is 2.50. The number of hydrogen-bond donors (Lipinski definition) is 2. The maximum absolute atomic E-state index is 11.7. The van der Waals surface area contributed by atoms with Gasteiger partial charge in [-0.2, -0.15) is 0 Å². The van der Waals surface area contributed by atoms with E-state index in [1.807, 2.05) is 6.92 Å². The van der Waals surface area contributed by atoms with E-state index in [-0.39, 0.29) is 10.6 Å². The van der Waals surface area contributed by atoms with Crippen molar-refractivity contribution in [3.63, 3.8) is 0 Å². The average Bonchev–Trinajstić information content (AvgIpc) is 2.14. The molecular formula is C9H13ClN2O2S. The maximum atomic E-state index is 11.7. The first-order valence-corrected chi connectivity index (χ1v) is 6.38. The predicted molar refractivity (Wildman–Crippen MR) is 61.3 cm³/mol. The Labute approximate surface area is 94.5 Å². The zero-order valence-corrected chi connectivity index (χ0v) is 9.90. The van der Waals surface area contributed by atoms with Crippen LogP contribution in [-0.4, -0.2) is 15.0 Å². The highest BCUT2D eigenvalue weighted by Crippen LogP contribution is 2.21. The van der Waals surface area contributed by atoms with Crippen LogP contribution in [0.15, 0.2) is 23.1 Å². The molecule has 0 amide bonds. The van der Waals surface area contributed by atoms with Crippen molar-refractivity contribution in [3.8, 4) is 0 Å². The number of nitrogen functional groups attached to an aromatic ring is 1. The highest BCUT2D eigenvalue weighted by molar-refractivity contribution is 7.89. The number of anilines is 1. The molecule has 0 spiro atoms.